The number of nitrogens with zero attached hydrogens (tertiary/aromatic N) is 3. The second-order valence-corrected chi connectivity index (χ2v) is 9.95. The van der Waals surface area contributed by atoms with Crippen LogP contribution in [0, 0.1) is 10.1 Å². The molecule has 1 aliphatic heterocycles. The fourth-order valence-corrected chi connectivity index (χ4v) is 4.81. The van der Waals surface area contributed by atoms with Crippen LogP contribution in [0.5, 0.6) is 11.5 Å². The molecule has 1 aliphatic rings. The van der Waals surface area contributed by atoms with Crippen molar-refractivity contribution in [3.63, 3.8) is 0 Å². The molecule has 3 aromatic carbocycles. The monoisotopic (exact) mass is 615 g/mol. The van der Waals surface area contributed by atoms with Gasteiger partial charge in [-0.2, -0.15) is 0 Å². The molecule has 1 saturated heterocycles. The van der Waals surface area contributed by atoms with Gasteiger partial charge in [0.1, 0.15) is 11.1 Å². The second kappa shape index (κ2) is 11.8. The molecule has 0 aliphatic carbocycles. The van der Waals surface area contributed by atoms with E-state index in [0.29, 0.717) is 23.6 Å². The minimum absolute atomic E-state index is 0.0271. The van der Waals surface area contributed by atoms with Crippen LogP contribution in [0.3, 0.4) is 0 Å². The SMILES string of the molecule is COc1ccc(CCN(C(=O)c2ccc(Cl)c([N+](=O)[O-])c2)C2CC(=O)N(c3ccc(Br)cc3)C2=O)cc1OC. The normalized spacial score (nSPS) is 14.9. The van der Waals surface area contributed by atoms with Crippen LogP contribution in [0.1, 0.15) is 22.3 Å². The summed E-state index contributed by atoms with van der Waals surface area (Å²) in [6.45, 7) is 0.0443. The van der Waals surface area contributed by atoms with E-state index >= 15 is 0 Å². The van der Waals surface area contributed by atoms with Crippen LogP contribution < -0.4 is 14.4 Å². The summed E-state index contributed by atoms with van der Waals surface area (Å²) in [5, 5.41) is 11.3. The van der Waals surface area contributed by atoms with Gasteiger partial charge in [-0.25, -0.2) is 4.90 Å². The summed E-state index contributed by atoms with van der Waals surface area (Å²) in [4.78, 5) is 53.3. The molecule has 10 nitrogen and oxygen atoms in total. The first-order valence-electron chi connectivity index (χ1n) is 11.7. The van der Waals surface area contributed by atoms with Crippen LogP contribution in [0.2, 0.25) is 5.02 Å². The van der Waals surface area contributed by atoms with Gasteiger partial charge in [-0.3, -0.25) is 24.5 Å². The largest absolute Gasteiger partial charge is 0.493 e. The molecule has 1 fully saturated rings. The van der Waals surface area contributed by atoms with Gasteiger partial charge in [-0.15, -0.1) is 0 Å². The molecular weight excluding hydrogens is 594 g/mol. The lowest BCUT2D eigenvalue weighted by atomic mass is 10.1. The number of rotatable bonds is 9. The smallest absolute Gasteiger partial charge is 0.288 e. The fraction of sp³-hybridized carbons (Fsp3) is 0.222. The molecule has 0 radical (unpaired) electrons. The quantitative estimate of drug-likeness (QED) is 0.188. The number of hydrogen-bond acceptors (Lipinski definition) is 7. The van der Waals surface area contributed by atoms with E-state index in [1.165, 1.54) is 31.3 Å². The van der Waals surface area contributed by atoms with Crippen LogP contribution in [-0.4, -0.2) is 54.4 Å². The molecule has 3 aromatic rings. The molecular formula is C27H23BrClN3O7. The molecule has 39 heavy (non-hydrogen) atoms. The van der Waals surface area contributed by atoms with Crippen molar-refractivity contribution in [2.75, 3.05) is 25.7 Å². The van der Waals surface area contributed by atoms with Gasteiger partial charge in [0.05, 0.1) is 31.3 Å². The minimum atomic E-state index is -1.11. The number of nitro benzene ring substituents is 1. The van der Waals surface area contributed by atoms with E-state index in [4.69, 9.17) is 21.1 Å². The maximum atomic E-state index is 13.7. The predicted molar refractivity (Wildman–Crippen MR) is 147 cm³/mol. The van der Waals surface area contributed by atoms with Gasteiger partial charge in [0.25, 0.3) is 17.5 Å². The molecule has 1 unspecified atom stereocenters. The van der Waals surface area contributed by atoms with Crippen molar-refractivity contribution in [2.45, 2.75) is 18.9 Å². The standard InChI is InChI=1S/C27H23BrClN3O7/c1-38-23-10-3-16(13-24(23)39-2)11-12-30(26(34)17-4-9-20(29)21(14-17)32(36)37)22-15-25(33)31(27(22)35)19-7-5-18(28)6-8-19/h3-10,13-14,22H,11-12,15H2,1-2H3. The highest BCUT2D eigenvalue weighted by molar-refractivity contribution is 9.10. The van der Waals surface area contributed by atoms with Crippen LogP contribution >= 0.6 is 27.5 Å². The Kier molecular flexibility index (Phi) is 8.51. The summed E-state index contributed by atoms with van der Waals surface area (Å²) in [5.41, 5.74) is 0.701. The average Bonchev–Trinajstić information content (AvgIpc) is 3.22. The molecule has 1 atom stereocenters. The third-order valence-electron chi connectivity index (χ3n) is 6.32. The first kappa shape index (κ1) is 28.1. The van der Waals surface area contributed by atoms with Gasteiger partial charge in [-0.05, 0) is 60.5 Å². The van der Waals surface area contributed by atoms with Crippen molar-refractivity contribution < 1.29 is 28.8 Å². The van der Waals surface area contributed by atoms with E-state index in [-0.39, 0.29) is 23.6 Å². The lowest BCUT2D eigenvalue weighted by Crippen LogP contribution is -2.46. The molecule has 4 rings (SSSR count). The Bertz CT molecular complexity index is 1450. The zero-order valence-electron chi connectivity index (χ0n) is 20.9. The topological polar surface area (TPSA) is 119 Å². The number of halogens is 2. The maximum Gasteiger partial charge on any atom is 0.288 e. The van der Waals surface area contributed by atoms with Crippen LogP contribution in [0.4, 0.5) is 11.4 Å². The Morgan fingerprint density at radius 2 is 1.77 bits per heavy atom. The summed E-state index contributed by atoms with van der Waals surface area (Å²) in [6, 6.07) is 14.5. The number of carbonyl (C=O) groups is 3. The first-order valence-corrected chi connectivity index (χ1v) is 12.9. The highest BCUT2D eigenvalue weighted by Gasteiger charge is 2.44. The number of methoxy groups -OCH3 is 2. The Hall–Kier alpha value is -3.96. The van der Waals surface area contributed by atoms with Gasteiger partial charge in [0.2, 0.25) is 5.91 Å². The molecule has 3 amide bonds. The number of benzene rings is 3. The zero-order valence-corrected chi connectivity index (χ0v) is 23.3. The van der Waals surface area contributed by atoms with Gasteiger partial charge < -0.3 is 14.4 Å². The minimum Gasteiger partial charge on any atom is -0.493 e. The van der Waals surface area contributed by atoms with E-state index in [0.717, 1.165) is 21.0 Å². The lowest BCUT2D eigenvalue weighted by Gasteiger charge is -2.28. The lowest BCUT2D eigenvalue weighted by molar-refractivity contribution is -0.384. The number of amides is 3. The van der Waals surface area contributed by atoms with E-state index < -0.39 is 34.4 Å². The summed E-state index contributed by atoms with van der Waals surface area (Å²) in [6.07, 6.45) is 0.0697. The van der Waals surface area contributed by atoms with Gasteiger partial charge in [0.15, 0.2) is 11.5 Å². The molecule has 0 saturated carbocycles. The van der Waals surface area contributed by atoms with Gasteiger partial charge in [0, 0.05) is 22.6 Å². The van der Waals surface area contributed by atoms with E-state index in [9.17, 15) is 24.5 Å². The first-order chi connectivity index (χ1) is 18.6. The van der Waals surface area contributed by atoms with Crippen LogP contribution in [0.25, 0.3) is 0 Å². The number of hydrogen-bond donors (Lipinski definition) is 0. The third-order valence-corrected chi connectivity index (χ3v) is 7.17. The predicted octanol–water partition coefficient (Wildman–Crippen LogP) is 5.04. The number of carbonyl (C=O) groups excluding carboxylic acids is 3. The number of anilines is 1. The second-order valence-electron chi connectivity index (χ2n) is 8.62. The number of nitro groups is 1. The summed E-state index contributed by atoms with van der Waals surface area (Å²) in [7, 11) is 3.02. The van der Waals surface area contributed by atoms with E-state index in [1.807, 2.05) is 0 Å². The van der Waals surface area contributed by atoms with Crippen LogP contribution in [-0.2, 0) is 16.0 Å². The average molecular weight is 617 g/mol. The Balaban J connectivity index is 1.68. The molecule has 0 bridgehead atoms. The fourth-order valence-electron chi connectivity index (χ4n) is 4.36. The molecule has 202 valence electrons. The summed E-state index contributed by atoms with van der Waals surface area (Å²) in [5.74, 6) is -0.636. The van der Waals surface area contributed by atoms with E-state index in [2.05, 4.69) is 15.9 Å². The molecule has 12 heteroatoms. The zero-order chi connectivity index (χ0) is 28.3. The number of ether oxygens (including phenoxy) is 2. The molecule has 0 aromatic heterocycles. The molecule has 1 heterocycles. The van der Waals surface area contributed by atoms with Gasteiger partial charge in [-0.1, -0.05) is 33.6 Å². The van der Waals surface area contributed by atoms with Crippen LogP contribution in [0.15, 0.2) is 65.1 Å². The van der Waals surface area contributed by atoms with Crippen molar-refractivity contribution in [3.8, 4) is 11.5 Å². The summed E-state index contributed by atoms with van der Waals surface area (Å²) >= 11 is 9.27. The number of imide groups is 1. The Morgan fingerprint density at radius 1 is 1.08 bits per heavy atom. The van der Waals surface area contributed by atoms with E-state index in [1.54, 1.807) is 42.5 Å². The highest BCUT2D eigenvalue weighted by Crippen LogP contribution is 2.31. The maximum absolute atomic E-state index is 13.7. The molecule has 0 N–H and O–H groups in total. The van der Waals surface area contributed by atoms with Gasteiger partial charge >= 0.3 is 0 Å². The van der Waals surface area contributed by atoms with Crippen molar-refractivity contribution in [1.82, 2.24) is 4.90 Å². The Morgan fingerprint density at radius 3 is 2.41 bits per heavy atom. The van der Waals surface area contributed by atoms with Crippen molar-refractivity contribution in [1.29, 1.82) is 0 Å². The third kappa shape index (κ3) is 5.89. The highest BCUT2D eigenvalue weighted by atomic mass is 79.9. The summed E-state index contributed by atoms with van der Waals surface area (Å²) < 4.78 is 11.4. The Labute approximate surface area is 237 Å². The molecule has 0 spiro atoms. The van der Waals surface area contributed by atoms with Crippen molar-refractivity contribution >= 4 is 56.6 Å². The van der Waals surface area contributed by atoms with Crippen molar-refractivity contribution in [3.05, 3.63) is 91.4 Å². The van der Waals surface area contributed by atoms with Crippen molar-refractivity contribution in [2.24, 2.45) is 0 Å².